The van der Waals surface area contributed by atoms with Gasteiger partial charge >= 0.3 is 0 Å². The summed E-state index contributed by atoms with van der Waals surface area (Å²) in [6, 6.07) is 0. The maximum Gasteiger partial charge on any atom is 0.0929 e. The molecular weight excluding hydrogens is 156 g/mol. The van der Waals surface area contributed by atoms with Crippen LogP contribution in [-0.2, 0) is 19.5 Å². The summed E-state index contributed by atoms with van der Waals surface area (Å²) in [5.41, 5.74) is 1.31. The molecule has 60 valence electrons. The van der Waals surface area contributed by atoms with E-state index in [4.69, 9.17) is 0 Å². The van der Waals surface area contributed by atoms with Crippen molar-refractivity contribution in [2.24, 2.45) is 0 Å². The van der Waals surface area contributed by atoms with Gasteiger partial charge in [-0.25, -0.2) is 4.98 Å². The molecule has 0 spiro atoms. The molecule has 0 unspecified atom stereocenters. The number of hydrogen-bond donors (Lipinski definition) is 0. The van der Waals surface area contributed by atoms with Gasteiger partial charge in [-0.2, -0.15) is 0 Å². The van der Waals surface area contributed by atoms with Crippen LogP contribution in [0.15, 0.2) is 0 Å². The van der Waals surface area contributed by atoms with Crippen molar-refractivity contribution in [3.05, 3.63) is 15.6 Å². The zero-order valence-corrected chi connectivity index (χ0v) is 7.74. The molecule has 0 N–H and O–H groups in total. The minimum absolute atomic E-state index is 1.05. The molecule has 0 fully saturated rings. The van der Waals surface area contributed by atoms with Gasteiger partial charge < -0.3 is 0 Å². The second-order valence-electron chi connectivity index (χ2n) is 3.00. The molecule has 2 rings (SSSR count). The van der Waals surface area contributed by atoms with Crippen LogP contribution >= 0.6 is 11.3 Å². The summed E-state index contributed by atoms with van der Waals surface area (Å²) < 4.78 is 0. The summed E-state index contributed by atoms with van der Waals surface area (Å²) in [6.07, 6.45) is 1.08. The molecule has 1 aromatic rings. The largest absolute Gasteiger partial charge is 0.295 e. The average Bonchev–Trinajstić information content (AvgIpc) is 2.43. The number of hydrogen-bond acceptors (Lipinski definition) is 3. The third-order valence-corrected chi connectivity index (χ3v) is 3.18. The number of thiazole rings is 1. The Morgan fingerprint density at radius 2 is 2.36 bits per heavy atom. The molecule has 0 aromatic carbocycles. The van der Waals surface area contributed by atoms with Crippen molar-refractivity contribution in [3.63, 3.8) is 0 Å². The SMILES string of the molecule is CCc1nc2c(s1)CN(C)C2. The third-order valence-electron chi connectivity index (χ3n) is 1.96. The van der Waals surface area contributed by atoms with Gasteiger partial charge in [-0.05, 0) is 13.5 Å². The van der Waals surface area contributed by atoms with Crippen LogP contribution in [0.25, 0.3) is 0 Å². The molecule has 1 aliphatic heterocycles. The normalized spacial score (nSPS) is 17.3. The summed E-state index contributed by atoms with van der Waals surface area (Å²) in [5, 5.41) is 1.29. The Hall–Kier alpha value is -0.410. The van der Waals surface area contributed by atoms with E-state index in [-0.39, 0.29) is 0 Å². The molecule has 2 nitrogen and oxygen atoms in total. The lowest BCUT2D eigenvalue weighted by molar-refractivity contribution is 0.351. The zero-order valence-electron chi connectivity index (χ0n) is 6.92. The van der Waals surface area contributed by atoms with Gasteiger partial charge in [0.25, 0.3) is 0 Å². The molecule has 0 amide bonds. The first kappa shape index (κ1) is 7.25. The summed E-state index contributed by atoms with van der Waals surface area (Å²) in [4.78, 5) is 8.31. The van der Waals surface area contributed by atoms with E-state index in [2.05, 4.69) is 23.9 Å². The lowest BCUT2D eigenvalue weighted by Crippen LogP contribution is -2.08. The van der Waals surface area contributed by atoms with Gasteiger partial charge in [0.1, 0.15) is 0 Å². The van der Waals surface area contributed by atoms with Gasteiger partial charge in [-0.1, -0.05) is 6.92 Å². The molecule has 1 aromatic heterocycles. The van der Waals surface area contributed by atoms with Crippen LogP contribution in [0.5, 0.6) is 0 Å². The second kappa shape index (κ2) is 2.57. The Balaban J connectivity index is 2.29. The van der Waals surface area contributed by atoms with Crippen molar-refractivity contribution >= 4 is 11.3 Å². The number of aromatic nitrogens is 1. The van der Waals surface area contributed by atoms with Crippen molar-refractivity contribution < 1.29 is 0 Å². The molecule has 0 aliphatic carbocycles. The number of rotatable bonds is 1. The molecule has 0 saturated heterocycles. The van der Waals surface area contributed by atoms with Gasteiger partial charge in [-0.15, -0.1) is 11.3 Å². The highest BCUT2D eigenvalue weighted by atomic mass is 32.1. The molecule has 11 heavy (non-hydrogen) atoms. The maximum atomic E-state index is 4.54. The van der Waals surface area contributed by atoms with Crippen LogP contribution in [0.2, 0.25) is 0 Å². The average molecular weight is 168 g/mol. The van der Waals surface area contributed by atoms with Gasteiger partial charge in [0.2, 0.25) is 0 Å². The molecule has 0 radical (unpaired) electrons. The Labute approximate surface area is 70.9 Å². The third kappa shape index (κ3) is 1.19. The van der Waals surface area contributed by atoms with E-state index in [9.17, 15) is 0 Å². The van der Waals surface area contributed by atoms with Gasteiger partial charge in [-0.3, -0.25) is 4.90 Å². The zero-order chi connectivity index (χ0) is 7.84. The first-order valence-electron chi connectivity index (χ1n) is 3.95. The van der Waals surface area contributed by atoms with Crippen molar-refractivity contribution in [1.82, 2.24) is 9.88 Å². The van der Waals surface area contributed by atoms with E-state index < -0.39 is 0 Å². The maximum absolute atomic E-state index is 4.54. The van der Waals surface area contributed by atoms with Crippen molar-refractivity contribution in [2.45, 2.75) is 26.4 Å². The first-order valence-corrected chi connectivity index (χ1v) is 4.77. The fraction of sp³-hybridized carbons (Fsp3) is 0.625. The quantitative estimate of drug-likeness (QED) is 0.634. The lowest BCUT2D eigenvalue weighted by Gasteiger charge is -2.03. The molecule has 2 heterocycles. The van der Waals surface area contributed by atoms with E-state index >= 15 is 0 Å². The first-order chi connectivity index (χ1) is 5.29. The van der Waals surface area contributed by atoms with E-state index in [1.54, 1.807) is 0 Å². The monoisotopic (exact) mass is 168 g/mol. The minimum atomic E-state index is 1.05. The van der Waals surface area contributed by atoms with Crippen LogP contribution in [0.3, 0.4) is 0 Å². The van der Waals surface area contributed by atoms with Crippen molar-refractivity contribution in [2.75, 3.05) is 7.05 Å². The Bertz CT molecular complexity index is 244. The lowest BCUT2D eigenvalue weighted by atomic mass is 10.4. The minimum Gasteiger partial charge on any atom is -0.295 e. The summed E-state index contributed by atoms with van der Waals surface area (Å²) >= 11 is 1.87. The van der Waals surface area contributed by atoms with Crippen LogP contribution in [0.1, 0.15) is 22.5 Å². The molecule has 0 saturated carbocycles. The van der Waals surface area contributed by atoms with E-state index in [1.807, 2.05) is 11.3 Å². The van der Waals surface area contributed by atoms with E-state index in [1.165, 1.54) is 15.6 Å². The topological polar surface area (TPSA) is 16.1 Å². The highest BCUT2D eigenvalue weighted by molar-refractivity contribution is 7.11. The molecule has 0 bridgehead atoms. The van der Waals surface area contributed by atoms with Gasteiger partial charge in [0.05, 0.1) is 10.7 Å². The highest BCUT2D eigenvalue weighted by Gasteiger charge is 2.19. The predicted octanol–water partition coefficient (Wildman–Crippen LogP) is 1.65. The molecule has 0 atom stereocenters. The Kier molecular flexibility index (Phi) is 1.69. The van der Waals surface area contributed by atoms with Crippen LogP contribution in [0, 0.1) is 0 Å². The van der Waals surface area contributed by atoms with Crippen molar-refractivity contribution in [1.29, 1.82) is 0 Å². The van der Waals surface area contributed by atoms with Crippen LogP contribution in [-0.4, -0.2) is 16.9 Å². The molecule has 1 aliphatic rings. The Morgan fingerprint density at radius 3 is 3.00 bits per heavy atom. The van der Waals surface area contributed by atoms with E-state index in [0.717, 1.165) is 19.5 Å². The predicted molar refractivity (Wildman–Crippen MR) is 46.7 cm³/mol. The fourth-order valence-electron chi connectivity index (χ4n) is 1.39. The standard InChI is InChI=1S/C8H12N2S/c1-3-8-9-6-4-10(2)5-7(6)11-8/h3-5H2,1-2H3. The smallest absolute Gasteiger partial charge is 0.0929 e. The van der Waals surface area contributed by atoms with Crippen LogP contribution < -0.4 is 0 Å². The number of nitrogens with zero attached hydrogens (tertiary/aromatic N) is 2. The summed E-state index contributed by atoms with van der Waals surface area (Å²) in [5.74, 6) is 0. The van der Waals surface area contributed by atoms with Gasteiger partial charge in [0, 0.05) is 18.0 Å². The number of aryl methyl sites for hydroxylation is 1. The molecular formula is C8H12N2S. The second-order valence-corrected chi connectivity index (χ2v) is 4.17. The van der Waals surface area contributed by atoms with Gasteiger partial charge in [0.15, 0.2) is 0 Å². The highest BCUT2D eigenvalue weighted by Crippen LogP contribution is 2.26. The number of fused-ring (bicyclic) bond motifs is 1. The van der Waals surface area contributed by atoms with Crippen molar-refractivity contribution in [3.8, 4) is 0 Å². The van der Waals surface area contributed by atoms with Crippen LogP contribution in [0.4, 0.5) is 0 Å². The van der Waals surface area contributed by atoms with E-state index in [0.29, 0.717) is 0 Å². The fourth-order valence-corrected chi connectivity index (χ4v) is 2.49. The summed E-state index contributed by atoms with van der Waals surface area (Å²) in [7, 11) is 2.14. The Morgan fingerprint density at radius 1 is 1.55 bits per heavy atom. The molecule has 3 heteroatoms. The summed E-state index contributed by atoms with van der Waals surface area (Å²) in [6.45, 7) is 4.32.